The Morgan fingerprint density at radius 1 is 1.43 bits per heavy atom. The Kier molecular flexibility index (Phi) is 2.20. The van der Waals surface area contributed by atoms with Gasteiger partial charge in [0.15, 0.2) is 5.78 Å². The second kappa shape index (κ2) is 3.25. The van der Waals surface area contributed by atoms with Crippen molar-refractivity contribution in [3.05, 3.63) is 39.9 Å². The van der Waals surface area contributed by atoms with Gasteiger partial charge >= 0.3 is 0 Å². The maximum Gasteiger partial charge on any atom is 0.156 e. The predicted octanol–water partition coefficient (Wildman–Crippen LogP) is 3.43. The molecule has 1 aliphatic rings. The number of halogens is 1. The number of hydrogen-bond donors (Lipinski definition) is 0. The second-order valence-corrected chi connectivity index (χ2v) is 4.09. The SMILES string of the molecule is CC(=O)C1=Cc2cc(Cl)ccc2C1C. The van der Waals surface area contributed by atoms with Gasteiger partial charge in [-0.1, -0.05) is 24.6 Å². The molecule has 1 aliphatic carbocycles. The molecular weight excluding hydrogens is 196 g/mol. The molecule has 0 saturated heterocycles. The smallest absolute Gasteiger partial charge is 0.156 e. The van der Waals surface area contributed by atoms with Crippen molar-refractivity contribution in [1.82, 2.24) is 0 Å². The lowest BCUT2D eigenvalue weighted by molar-refractivity contribution is -0.113. The first kappa shape index (κ1) is 9.47. The van der Waals surface area contributed by atoms with Gasteiger partial charge in [0.2, 0.25) is 0 Å². The lowest BCUT2D eigenvalue weighted by Crippen LogP contribution is -2.01. The molecular formula is C12H11ClO. The largest absolute Gasteiger partial charge is 0.295 e. The third-order valence-corrected chi connectivity index (χ3v) is 2.93. The van der Waals surface area contributed by atoms with E-state index < -0.39 is 0 Å². The monoisotopic (exact) mass is 206 g/mol. The maximum absolute atomic E-state index is 11.3. The molecule has 0 N–H and O–H groups in total. The fourth-order valence-corrected chi connectivity index (χ4v) is 2.11. The zero-order chi connectivity index (χ0) is 10.3. The molecule has 72 valence electrons. The summed E-state index contributed by atoms with van der Waals surface area (Å²) < 4.78 is 0. The summed E-state index contributed by atoms with van der Waals surface area (Å²) in [6, 6.07) is 5.77. The van der Waals surface area contributed by atoms with E-state index in [2.05, 4.69) is 0 Å². The molecule has 14 heavy (non-hydrogen) atoms. The summed E-state index contributed by atoms with van der Waals surface area (Å²) in [5, 5.41) is 0.719. The van der Waals surface area contributed by atoms with E-state index in [9.17, 15) is 4.79 Å². The molecule has 1 aromatic rings. The van der Waals surface area contributed by atoms with Gasteiger partial charge in [0, 0.05) is 16.5 Å². The normalized spacial score (nSPS) is 19.1. The van der Waals surface area contributed by atoms with E-state index in [1.807, 2.05) is 31.2 Å². The van der Waals surface area contributed by atoms with Gasteiger partial charge in [-0.3, -0.25) is 4.79 Å². The van der Waals surface area contributed by atoms with E-state index in [0.717, 1.165) is 16.2 Å². The first-order chi connectivity index (χ1) is 6.59. The van der Waals surface area contributed by atoms with E-state index in [4.69, 9.17) is 11.6 Å². The summed E-state index contributed by atoms with van der Waals surface area (Å²) >= 11 is 5.88. The van der Waals surface area contributed by atoms with Crippen LogP contribution in [0, 0.1) is 0 Å². The standard InChI is InChI=1S/C12H11ClO/c1-7-11-4-3-10(13)5-9(11)6-12(7)8(2)14/h3-7H,1-2H3. The lowest BCUT2D eigenvalue weighted by Gasteiger charge is -2.07. The number of benzene rings is 1. The number of carbonyl (C=O) groups excluding carboxylic acids is 1. The molecule has 1 atom stereocenters. The van der Waals surface area contributed by atoms with E-state index >= 15 is 0 Å². The molecule has 0 bridgehead atoms. The van der Waals surface area contributed by atoms with E-state index in [-0.39, 0.29) is 11.7 Å². The average Bonchev–Trinajstić information content (AvgIpc) is 2.43. The lowest BCUT2D eigenvalue weighted by atomic mass is 9.96. The van der Waals surface area contributed by atoms with Crippen LogP contribution in [0.15, 0.2) is 23.8 Å². The molecule has 0 spiro atoms. The Bertz CT molecular complexity index is 432. The highest BCUT2D eigenvalue weighted by molar-refractivity contribution is 6.30. The van der Waals surface area contributed by atoms with Crippen molar-refractivity contribution in [2.75, 3.05) is 0 Å². The van der Waals surface area contributed by atoms with Gasteiger partial charge in [-0.2, -0.15) is 0 Å². The average molecular weight is 207 g/mol. The molecule has 2 rings (SSSR count). The van der Waals surface area contributed by atoms with E-state index in [0.29, 0.717) is 0 Å². The maximum atomic E-state index is 11.3. The summed E-state index contributed by atoms with van der Waals surface area (Å²) in [6.45, 7) is 3.66. The summed E-state index contributed by atoms with van der Waals surface area (Å²) in [5.41, 5.74) is 3.15. The Balaban J connectivity index is 2.52. The van der Waals surface area contributed by atoms with Gasteiger partial charge in [-0.25, -0.2) is 0 Å². The van der Waals surface area contributed by atoms with Crippen LogP contribution in [0.5, 0.6) is 0 Å². The van der Waals surface area contributed by atoms with Gasteiger partial charge in [0.05, 0.1) is 0 Å². The highest BCUT2D eigenvalue weighted by Crippen LogP contribution is 2.37. The molecule has 0 amide bonds. The van der Waals surface area contributed by atoms with Crippen LogP contribution in [-0.4, -0.2) is 5.78 Å². The minimum absolute atomic E-state index is 0.143. The minimum atomic E-state index is 0.143. The third kappa shape index (κ3) is 1.38. The van der Waals surface area contributed by atoms with Crippen molar-refractivity contribution in [2.45, 2.75) is 19.8 Å². The highest BCUT2D eigenvalue weighted by atomic mass is 35.5. The summed E-state index contributed by atoms with van der Waals surface area (Å²) in [6.07, 6.45) is 1.94. The number of ketones is 1. The van der Waals surface area contributed by atoms with Crippen LogP contribution < -0.4 is 0 Å². The third-order valence-electron chi connectivity index (χ3n) is 2.70. The van der Waals surface area contributed by atoms with Crippen LogP contribution in [0.1, 0.15) is 30.9 Å². The van der Waals surface area contributed by atoms with Crippen LogP contribution in [0.3, 0.4) is 0 Å². The summed E-state index contributed by atoms with van der Waals surface area (Å²) in [4.78, 5) is 11.3. The summed E-state index contributed by atoms with van der Waals surface area (Å²) in [7, 11) is 0. The topological polar surface area (TPSA) is 17.1 Å². The molecule has 1 unspecified atom stereocenters. The minimum Gasteiger partial charge on any atom is -0.295 e. The number of allylic oxidation sites excluding steroid dienone is 1. The molecule has 0 saturated carbocycles. The molecule has 0 aliphatic heterocycles. The Labute approximate surface area is 88.4 Å². The van der Waals surface area contributed by atoms with Crippen LogP contribution in [-0.2, 0) is 4.79 Å². The van der Waals surface area contributed by atoms with Crippen LogP contribution in [0.2, 0.25) is 5.02 Å². The van der Waals surface area contributed by atoms with E-state index in [1.165, 1.54) is 5.56 Å². The second-order valence-electron chi connectivity index (χ2n) is 3.65. The highest BCUT2D eigenvalue weighted by Gasteiger charge is 2.23. The molecule has 2 heteroatoms. The molecule has 0 heterocycles. The number of fused-ring (bicyclic) bond motifs is 1. The van der Waals surface area contributed by atoms with Gasteiger partial charge in [0.1, 0.15) is 0 Å². The van der Waals surface area contributed by atoms with Crippen molar-refractivity contribution < 1.29 is 4.79 Å². The number of carbonyl (C=O) groups is 1. The van der Waals surface area contributed by atoms with Crippen molar-refractivity contribution in [1.29, 1.82) is 0 Å². The quantitative estimate of drug-likeness (QED) is 0.688. The van der Waals surface area contributed by atoms with Crippen LogP contribution in [0.4, 0.5) is 0 Å². The fraction of sp³-hybridized carbons (Fsp3) is 0.250. The van der Waals surface area contributed by atoms with Crippen molar-refractivity contribution in [3.8, 4) is 0 Å². The molecule has 1 aromatic carbocycles. The van der Waals surface area contributed by atoms with Crippen molar-refractivity contribution in [2.24, 2.45) is 0 Å². The van der Waals surface area contributed by atoms with Crippen molar-refractivity contribution >= 4 is 23.5 Å². The predicted molar refractivity (Wildman–Crippen MR) is 58.5 cm³/mol. The van der Waals surface area contributed by atoms with Gasteiger partial charge in [-0.15, -0.1) is 0 Å². The van der Waals surface area contributed by atoms with Gasteiger partial charge in [0.25, 0.3) is 0 Å². The molecule has 0 fully saturated rings. The zero-order valence-corrected chi connectivity index (χ0v) is 8.93. The van der Waals surface area contributed by atoms with Crippen LogP contribution >= 0.6 is 11.6 Å². The number of hydrogen-bond acceptors (Lipinski definition) is 1. The van der Waals surface area contributed by atoms with Gasteiger partial charge < -0.3 is 0 Å². The first-order valence-corrected chi connectivity index (χ1v) is 4.99. The zero-order valence-electron chi connectivity index (χ0n) is 8.17. The Hall–Kier alpha value is -1.08. The Morgan fingerprint density at radius 2 is 2.14 bits per heavy atom. The molecule has 0 aromatic heterocycles. The van der Waals surface area contributed by atoms with Crippen molar-refractivity contribution in [3.63, 3.8) is 0 Å². The summed E-state index contributed by atoms with van der Waals surface area (Å²) in [5.74, 6) is 0.351. The Morgan fingerprint density at radius 3 is 2.79 bits per heavy atom. The van der Waals surface area contributed by atoms with Gasteiger partial charge in [-0.05, 0) is 36.3 Å². The number of Topliss-reactive ketones (excluding diaryl/α,β-unsaturated/α-hetero) is 1. The number of rotatable bonds is 1. The van der Waals surface area contributed by atoms with E-state index in [1.54, 1.807) is 6.92 Å². The fourth-order valence-electron chi connectivity index (χ4n) is 1.93. The molecule has 0 radical (unpaired) electrons. The molecule has 1 nitrogen and oxygen atoms in total. The van der Waals surface area contributed by atoms with Crippen LogP contribution in [0.25, 0.3) is 6.08 Å². The first-order valence-electron chi connectivity index (χ1n) is 4.61.